The van der Waals surface area contributed by atoms with E-state index in [1.54, 1.807) is 13.2 Å². The van der Waals surface area contributed by atoms with E-state index in [1.165, 1.54) is 0 Å². The molecule has 2 aromatic rings. The molecular weight excluding hydrogens is 384 g/mol. The average molecular weight is 410 g/mol. The summed E-state index contributed by atoms with van der Waals surface area (Å²) < 4.78 is 16.4. The van der Waals surface area contributed by atoms with Crippen LogP contribution in [0.5, 0.6) is 11.5 Å². The number of phenols is 1. The second-order valence-electron chi connectivity index (χ2n) is 7.27. The Bertz CT molecular complexity index is 935. The first-order chi connectivity index (χ1) is 14.7. The molecule has 0 aliphatic carbocycles. The normalized spacial score (nSPS) is 17.2. The van der Waals surface area contributed by atoms with Gasteiger partial charge in [-0.1, -0.05) is 24.3 Å². The number of benzene rings is 2. The molecule has 0 bridgehead atoms. The smallest absolute Gasteiger partial charge is 0.342 e. The number of aromatic hydroxyl groups is 1. The highest BCUT2D eigenvalue weighted by molar-refractivity contribution is 6.19. The Morgan fingerprint density at radius 2 is 1.87 bits per heavy atom. The van der Waals surface area contributed by atoms with Crippen LogP contribution in [0.1, 0.15) is 5.56 Å². The number of cyclic esters (lactones) is 1. The number of rotatable bonds is 7. The standard InChI is InChI=1S/C23H26N2O5/c1-28-18-6-4-5-17(15-18)22-21(16-30-23(22)27)29-14-13-24-9-11-25(12-10-24)19-7-2-3-8-20(19)26/h2-8,15,26H,9-14,16H2,1H3. The summed E-state index contributed by atoms with van der Waals surface area (Å²) in [6.45, 7) is 4.86. The van der Waals surface area contributed by atoms with Gasteiger partial charge in [0.15, 0.2) is 0 Å². The van der Waals surface area contributed by atoms with Crippen molar-refractivity contribution in [2.24, 2.45) is 0 Å². The van der Waals surface area contributed by atoms with Crippen molar-refractivity contribution in [2.45, 2.75) is 0 Å². The summed E-state index contributed by atoms with van der Waals surface area (Å²) in [5.74, 6) is 1.20. The molecule has 158 valence electrons. The summed E-state index contributed by atoms with van der Waals surface area (Å²) in [6, 6.07) is 14.8. The van der Waals surface area contributed by atoms with Crippen molar-refractivity contribution in [1.29, 1.82) is 0 Å². The summed E-state index contributed by atoms with van der Waals surface area (Å²) >= 11 is 0. The minimum absolute atomic E-state index is 0.159. The number of carbonyl (C=O) groups is 1. The molecule has 1 saturated heterocycles. The number of ether oxygens (including phenoxy) is 3. The van der Waals surface area contributed by atoms with E-state index in [-0.39, 0.29) is 12.6 Å². The van der Waals surface area contributed by atoms with Gasteiger partial charge < -0.3 is 24.2 Å². The maximum absolute atomic E-state index is 12.2. The minimum Gasteiger partial charge on any atom is -0.506 e. The molecule has 0 spiro atoms. The molecule has 2 aliphatic heterocycles. The topological polar surface area (TPSA) is 71.5 Å². The van der Waals surface area contributed by atoms with Crippen LogP contribution in [0.2, 0.25) is 0 Å². The van der Waals surface area contributed by atoms with Gasteiger partial charge in [-0.15, -0.1) is 0 Å². The first-order valence-corrected chi connectivity index (χ1v) is 10.1. The maximum atomic E-state index is 12.2. The van der Waals surface area contributed by atoms with E-state index >= 15 is 0 Å². The molecule has 2 aliphatic rings. The molecule has 4 rings (SSSR count). The van der Waals surface area contributed by atoms with E-state index in [0.29, 0.717) is 29.4 Å². The zero-order valence-corrected chi connectivity index (χ0v) is 17.0. The molecule has 7 nitrogen and oxygen atoms in total. The monoisotopic (exact) mass is 410 g/mol. The number of para-hydroxylation sites is 2. The molecule has 2 heterocycles. The largest absolute Gasteiger partial charge is 0.506 e. The molecule has 0 aromatic heterocycles. The second-order valence-corrected chi connectivity index (χ2v) is 7.27. The van der Waals surface area contributed by atoms with E-state index in [2.05, 4.69) is 9.80 Å². The van der Waals surface area contributed by atoms with E-state index in [4.69, 9.17) is 14.2 Å². The molecule has 2 aromatic carbocycles. The Labute approximate surface area is 176 Å². The highest BCUT2D eigenvalue weighted by Crippen LogP contribution is 2.29. The quantitative estimate of drug-likeness (QED) is 0.703. The predicted molar refractivity (Wildman–Crippen MR) is 114 cm³/mol. The van der Waals surface area contributed by atoms with Crippen molar-refractivity contribution < 1.29 is 24.1 Å². The number of piperazine rings is 1. The van der Waals surface area contributed by atoms with E-state index in [1.807, 2.05) is 42.5 Å². The van der Waals surface area contributed by atoms with Gasteiger partial charge in [0.05, 0.1) is 12.8 Å². The van der Waals surface area contributed by atoms with Gasteiger partial charge in [-0.2, -0.15) is 0 Å². The molecule has 0 saturated carbocycles. The number of hydrogen-bond acceptors (Lipinski definition) is 7. The lowest BCUT2D eigenvalue weighted by atomic mass is 10.1. The number of hydrogen-bond donors (Lipinski definition) is 1. The number of nitrogens with zero attached hydrogens (tertiary/aromatic N) is 2. The second kappa shape index (κ2) is 9.09. The van der Waals surface area contributed by atoms with Gasteiger partial charge >= 0.3 is 5.97 Å². The third-order valence-corrected chi connectivity index (χ3v) is 5.45. The van der Waals surface area contributed by atoms with E-state index < -0.39 is 0 Å². The van der Waals surface area contributed by atoms with Gasteiger partial charge in [-0.25, -0.2) is 4.79 Å². The van der Waals surface area contributed by atoms with Crippen molar-refractivity contribution in [3.05, 3.63) is 59.9 Å². The Morgan fingerprint density at radius 1 is 1.07 bits per heavy atom. The van der Waals surface area contributed by atoms with Gasteiger partial charge in [-0.05, 0) is 29.8 Å². The molecule has 30 heavy (non-hydrogen) atoms. The molecule has 0 unspecified atom stereocenters. The summed E-state index contributed by atoms with van der Waals surface area (Å²) in [6.07, 6.45) is 0. The lowest BCUT2D eigenvalue weighted by molar-refractivity contribution is -0.134. The third-order valence-electron chi connectivity index (χ3n) is 5.45. The predicted octanol–water partition coefficient (Wildman–Crippen LogP) is 2.51. The molecule has 0 radical (unpaired) electrons. The summed E-state index contributed by atoms with van der Waals surface area (Å²) in [7, 11) is 1.59. The molecule has 0 atom stereocenters. The van der Waals surface area contributed by atoms with Crippen LogP contribution in [0.25, 0.3) is 5.57 Å². The van der Waals surface area contributed by atoms with Crippen molar-refractivity contribution in [3.63, 3.8) is 0 Å². The fraction of sp³-hybridized carbons (Fsp3) is 0.348. The van der Waals surface area contributed by atoms with Crippen LogP contribution in [0.4, 0.5) is 5.69 Å². The van der Waals surface area contributed by atoms with Crippen molar-refractivity contribution >= 4 is 17.2 Å². The zero-order valence-electron chi connectivity index (χ0n) is 17.0. The van der Waals surface area contributed by atoms with Crippen LogP contribution in [0.3, 0.4) is 0 Å². The lowest BCUT2D eigenvalue weighted by Gasteiger charge is -2.36. The summed E-state index contributed by atoms with van der Waals surface area (Å²) in [5.41, 5.74) is 2.09. The van der Waals surface area contributed by atoms with E-state index in [9.17, 15) is 9.90 Å². The van der Waals surface area contributed by atoms with Crippen LogP contribution in [0.15, 0.2) is 54.3 Å². The zero-order chi connectivity index (χ0) is 20.9. The van der Waals surface area contributed by atoms with Crippen molar-refractivity contribution in [3.8, 4) is 11.5 Å². The minimum atomic E-state index is -0.366. The first-order valence-electron chi connectivity index (χ1n) is 10.1. The van der Waals surface area contributed by atoms with Gasteiger partial charge in [-0.3, -0.25) is 4.90 Å². The Morgan fingerprint density at radius 3 is 2.63 bits per heavy atom. The molecule has 1 fully saturated rings. The van der Waals surface area contributed by atoms with Crippen molar-refractivity contribution in [1.82, 2.24) is 4.90 Å². The maximum Gasteiger partial charge on any atom is 0.342 e. The van der Waals surface area contributed by atoms with Crippen LogP contribution in [0, 0.1) is 0 Å². The number of anilines is 1. The Balaban J connectivity index is 1.32. The van der Waals surface area contributed by atoms with Crippen LogP contribution in [-0.2, 0) is 14.3 Å². The van der Waals surface area contributed by atoms with Crippen LogP contribution >= 0.6 is 0 Å². The third kappa shape index (κ3) is 4.36. The number of esters is 1. The first kappa shape index (κ1) is 20.1. The van der Waals surface area contributed by atoms with Crippen LogP contribution < -0.4 is 9.64 Å². The fourth-order valence-corrected chi connectivity index (χ4v) is 3.80. The molecule has 0 amide bonds. The number of methoxy groups -OCH3 is 1. The summed E-state index contributed by atoms with van der Waals surface area (Å²) in [4.78, 5) is 16.7. The van der Waals surface area contributed by atoms with Crippen molar-refractivity contribution in [2.75, 3.05) is 57.9 Å². The highest BCUT2D eigenvalue weighted by Gasteiger charge is 2.28. The fourth-order valence-electron chi connectivity index (χ4n) is 3.80. The van der Waals surface area contributed by atoms with Crippen LogP contribution in [-0.4, -0.2) is 69.0 Å². The Hall–Kier alpha value is -3.19. The number of carbonyl (C=O) groups excluding carboxylic acids is 1. The van der Waals surface area contributed by atoms with Gasteiger partial charge in [0, 0.05) is 32.7 Å². The SMILES string of the molecule is COc1cccc(C2=C(OCCN3CCN(c4ccccc4O)CC3)COC2=O)c1. The van der Waals surface area contributed by atoms with Gasteiger partial charge in [0.2, 0.25) is 0 Å². The summed E-state index contributed by atoms with van der Waals surface area (Å²) in [5, 5.41) is 10.0. The molecule has 1 N–H and O–H groups in total. The molecular formula is C23H26N2O5. The number of phenolic OH excluding ortho intramolecular Hbond substituents is 1. The van der Waals surface area contributed by atoms with Gasteiger partial charge in [0.25, 0.3) is 0 Å². The molecule has 7 heteroatoms. The Kier molecular flexibility index (Phi) is 6.09. The lowest BCUT2D eigenvalue weighted by Crippen LogP contribution is -2.47. The highest BCUT2D eigenvalue weighted by atomic mass is 16.6. The van der Waals surface area contributed by atoms with E-state index in [0.717, 1.165) is 44.0 Å². The van der Waals surface area contributed by atoms with Gasteiger partial charge in [0.1, 0.15) is 36.0 Å². The average Bonchev–Trinajstić information content (AvgIpc) is 3.15.